The predicted octanol–water partition coefficient (Wildman–Crippen LogP) is 2.63. The minimum atomic E-state index is -0.408. The van der Waals surface area contributed by atoms with Gasteiger partial charge in [0.1, 0.15) is 12.4 Å². The van der Waals surface area contributed by atoms with E-state index < -0.39 is 5.69 Å². The molecule has 0 radical (unpaired) electrons. The molecule has 3 aromatic heterocycles. The van der Waals surface area contributed by atoms with E-state index in [1.165, 1.54) is 16.5 Å². The number of carbonyl (C=O) groups is 1. The quantitative estimate of drug-likeness (QED) is 0.448. The van der Waals surface area contributed by atoms with E-state index in [-0.39, 0.29) is 18.3 Å². The number of carbonyl (C=O) groups excluding carboxylic acids is 1. The molecule has 2 aromatic carbocycles. The molecule has 0 spiro atoms. The summed E-state index contributed by atoms with van der Waals surface area (Å²) in [6.07, 6.45) is 0. The van der Waals surface area contributed by atoms with E-state index in [9.17, 15) is 14.0 Å². The molecule has 5 aromatic rings. The van der Waals surface area contributed by atoms with E-state index in [1.807, 2.05) is 42.7 Å². The van der Waals surface area contributed by atoms with Crippen molar-refractivity contribution in [3.8, 4) is 0 Å². The number of nitrogens with one attached hydrogen (secondary N) is 1. The molecular weight excluding hydrogens is 425 g/mol. The van der Waals surface area contributed by atoms with Crippen LogP contribution in [0.15, 0.2) is 53.3 Å². The molecular formula is C23H22FN7O2. The highest BCUT2D eigenvalue weighted by Gasteiger charge is 2.20. The van der Waals surface area contributed by atoms with Gasteiger partial charge in [-0.2, -0.15) is 5.10 Å². The fourth-order valence-corrected chi connectivity index (χ4v) is 4.07. The zero-order valence-corrected chi connectivity index (χ0v) is 18.4. The topological polar surface area (TPSA) is 91.2 Å². The van der Waals surface area contributed by atoms with Crippen LogP contribution in [0.25, 0.3) is 16.8 Å². The summed E-state index contributed by atoms with van der Waals surface area (Å²) in [5.41, 5.74) is 4.11. The van der Waals surface area contributed by atoms with Gasteiger partial charge >= 0.3 is 5.69 Å². The number of aromatic nitrogens is 6. The highest BCUT2D eigenvalue weighted by Crippen LogP contribution is 2.21. The number of hydrogen-bond acceptors (Lipinski definition) is 4. The monoisotopic (exact) mass is 447 g/mol. The van der Waals surface area contributed by atoms with Crippen LogP contribution in [-0.4, -0.2) is 34.4 Å². The van der Waals surface area contributed by atoms with Crippen LogP contribution in [0.1, 0.15) is 17.0 Å². The van der Waals surface area contributed by atoms with Gasteiger partial charge in [0.05, 0.1) is 34.7 Å². The highest BCUT2D eigenvalue weighted by molar-refractivity contribution is 5.91. The van der Waals surface area contributed by atoms with Crippen LogP contribution in [-0.2, 0) is 24.9 Å². The lowest BCUT2D eigenvalue weighted by Crippen LogP contribution is -2.28. The number of para-hydroxylation sites is 2. The number of fused-ring (bicyclic) bond motifs is 3. The fourth-order valence-electron chi connectivity index (χ4n) is 4.07. The molecule has 0 aliphatic rings. The maximum absolute atomic E-state index is 13.3. The van der Waals surface area contributed by atoms with E-state index >= 15 is 0 Å². The van der Waals surface area contributed by atoms with Crippen molar-refractivity contribution in [1.82, 2.24) is 28.5 Å². The first-order valence-corrected chi connectivity index (χ1v) is 10.4. The summed E-state index contributed by atoms with van der Waals surface area (Å²) in [5, 5.41) is 11.6. The van der Waals surface area contributed by atoms with Crippen molar-refractivity contribution in [2.75, 3.05) is 5.32 Å². The van der Waals surface area contributed by atoms with Crippen LogP contribution < -0.4 is 11.0 Å². The number of halogens is 1. The molecule has 33 heavy (non-hydrogen) atoms. The van der Waals surface area contributed by atoms with Crippen molar-refractivity contribution in [3.05, 3.63) is 81.8 Å². The highest BCUT2D eigenvalue weighted by atomic mass is 19.1. The summed E-state index contributed by atoms with van der Waals surface area (Å²) in [7, 11) is 1.80. The first kappa shape index (κ1) is 20.7. The van der Waals surface area contributed by atoms with Gasteiger partial charge in [-0.25, -0.2) is 18.3 Å². The fraction of sp³-hybridized carbons (Fsp3) is 0.217. The van der Waals surface area contributed by atoms with Crippen LogP contribution in [0, 0.1) is 19.7 Å². The molecule has 0 fully saturated rings. The van der Waals surface area contributed by atoms with Gasteiger partial charge in [-0.15, -0.1) is 5.10 Å². The van der Waals surface area contributed by atoms with Gasteiger partial charge in [0.25, 0.3) is 0 Å². The third-order valence-corrected chi connectivity index (χ3v) is 5.80. The van der Waals surface area contributed by atoms with Gasteiger partial charge in [0.15, 0.2) is 0 Å². The summed E-state index contributed by atoms with van der Waals surface area (Å²) >= 11 is 0. The summed E-state index contributed by atoms with van der Waals surface area (Å²) in [6, 6.07) is 13.6. The zero-order valence-electron chi connectivity index (χ0n) is 18.4. The van der Waals surface area contributed by atoms with Gasteiger partial charge in [-0.3, -0.25) is 9.48 Å². The average Bonchev–Trinajstić information content (AvgIpc) is 3.35. The van der Waals surface area contributed by atoms with Crippen molar-refractivity contribution in [3.63, 3.8) is 0 Å². The van der Waals surface area contributed by atoms with Gasteiger partial charge in [-0.1, -0.05) is 24.3 Å². The smallest absolute Gasteiger partial charge is 0.321 e. The normalized spacial score (nSPS) is 11.5. The molecule has 1 amide bonds. The first-order valence-electron chi connectivity index (χ1n) is 10.4. The second kappa shape index (κ2) is 7.73. The van der Waals surface area contributed by atoms with E-state index in [0.717, 1.165) is 21.5 Å². The summed E-state index contributed by atoms with van der Waals surface area (Å²) < 4.78 is 19.6. The molecule has 0 aliphatic carbocycles. The maximum Gasteiger partial charge on any atom is 0.352 e. The second-order valence-corrected chi connectivity index (χ2v) is 7.99. The van der Waals surface area contributed by atoms with E-state index in [4.69, 9.17) is 0 Å². The minimum absolute atomic E-state index is 0.237. The molecule has 1 N–H and O–H groups in total. The number of amides is 1. The average molecular weight is 447 g/mol. The molecule has 0 bridgehead atoms. The lowest BCUT2D eigenvalue weighted by atomic mass is 10.2. The van der Waals surface area contributed by atoms with Gasteiger partial charge in [0, 0.05) is 7.05 Å². The Kier molecular flexibility index (Phi) is 4.85. The van der Waals surface area contributed by atoms with Crippen molar-refractivity contribution in [1.29, 1.82) is 0 Å². The van der Waals surface area contributed by atoms with E-state index in [1.54, 1.807) is 23.9 Å². The van der Waals surface area contributed by atoms with Gasteiger partial charge < -0.3 is 9.88 Å². The number of benzene rings is 2. The molecule has 10 heteroatoms. The standard InChI is InChI=1S/C23H22FN7O2/c1-14-21(15(2)28(3)26-14)25-20(32)13-30-23(33)31-19-7-5-4-6-18(19)29(22(31)27-30)12-16-8-10-17(24)11-9-16/h4-11H,12-13H2,1-3H3,(H,25,32). The summed E-state index contributed by atoms with van der Waals surface area (Å²) in [4.78, 5) is 25.9. The van der Waals surface area contributed by atoms with Crippen molar-refractivity contribution in [2.45, 2.75) is 26.9 Å². The third-order valence-electron chi connectivity index (χ3n) is 5.80. The molecule has 0 atom stereocenters. The van der Waals surface area contributed by atoms with Crippen molar-refractivity contribution < 1.29 is 9.18 Å². The van der Waals surface area contributed by atoms with Gasteiger partial charge in [0.2, 0.25) is 11.7 Å². The Balaban J connectivity index is 1.53. The van der Waals surface area contributed by atoms with Crippen molar-refractivity contribution in [2.24, 2.45) is 7.05 Å². The Hall–Kier alpha value is -4.21. The Morgan fingerprint density at radius 2 is 1.73 bits per heavy atom. The molecule has 9 nitrogen and oxygen atoms in total. The number of nitrogens with zero attached hydrogens (tertiary/aromatic N) is 6. The SMILES string of the molecule is Cc1nn(C)c(C)c1NC(=O)Cn1nc2n(Cc3ccc(F)cc3)c3ccccc3n2c1=O. The Morgan fingerprint density at radius 1 is 1.03 bits per heavy atom. The van der Waals surface area contributed by atoms with Crippen LogP contribution in [0.3, 0.4) is 0 Å². The Morgan fingerprint density at radius 3 is 2.39 bits per heavy atom. The summed E-state index contributed by atoms with van der Waals surface area (Å²) in [5.74, 6) is -0.273. The molecule has 0 saturated carbocycles. The molecule has 168 valence electrons. The second-order valence-electron chi connectivity index (χ2n) is 7.99. The number of aryl methyl sites for hydroxylation is 2. The number of rotatable bonds is 5. The largest absolute Gasteiger partial charge is 0.352 e. The number of imidazole rings is 1. The first-order chi connectivity index (χ1) is 15.8. The van der Waals surface area contributed by atoms with E-state index in [0.29, 0.717) is 29.2 Å². The maximum atomic E-state index is 13.3. The van der Waals surface area contributed by atoms with Crippen LogP contribution in [0.4, 0.5) is 10.1 Å². The van der Waals surface area contributed by atoms with Gasteiger partial charge in [-0.05, 0) is 43.7 Å². The van der Waals surface area contributed by atoms with E-state index in [2.05, 4.69) is 15.5 Å². The Bertz CT molecular complexity index is 1570. The zero-order chi connectivity index (χ0) is 23.3. The van der Waals surface area contributed by atoms with Crippen molar-refractivity contribution >= 4 is 28.4 Å². The predicted molar refractivity (Wildman–Crippen MR) is 122 cm³/mol. The molecule has 0 aliphatic heterocycles. The lowest BCUT2D eigenvalue weighted by Gasteiger charge is -2.06. The number of hydrogen-bond donors (Lipinski definition) is 1. The minimum Gasteiger partial charge on any atom is -0.321 e. The number of anilines is 1. The van der Waals surface area contributed by atoms with Crippen LogP contribution >= 0.6 is 0 Å². The molecule has 3 heterocycles. The summed E-state index contributed by atoms with van der Waals surface area (Å²) in [6.45, 7) is 3.83. The van der Waals surface area contributed by atoms with Crippen LogP contribution in [0.5, 0.6) is 0 Å². The molecule has 0 unspecified atom stereocenters. The van der Waals surface area contributed by atoms with Crippen LogP contribution in [0.2, 0.25) is 0 Å². The molecule has 0 saturated heterocycles. The Labute approximate surface area is 187 Å². The lowest BCUT2D eigenvalue weighted by molar-refractivity contribution is -0.117. The molecule has 5 rings (SSSR count). The third kappa shape index (κ3) is 3.49.